The van der Waals surface area contributed by atoms with Crippen molar-refractivity contribution in [1.82, 2.24) is 29.3 Å². The minimum absolute atomic E-state index is 0.219. The summed E-state index contributed by atoms with van der Waals surface area (Å²) in [6, 6.07) is 14.2. The number of benzene rings is 2. The number of imidazole rings is 1. The van der Waals surface area contributed by atoms with Crippen LogP contribution in [0.15, 0.2) is 54.9 Å². The Kier molecular flexibility index (Phi) is 5.68. The number of pyridine rings is 1. The summed E-state index contributed by atoms with van der Waals surface area (Å²) in [5.74, 6) is 2.64. The Labute approximate surface area is 202 Å². The van der Waals surface area contributed by atoms with Gasteiger partial charge in [-0.05, 0) is 55.3 Å². The molecule has 0 fully saturated rings. The van der Waals surface area contributed by atoms with Crippen LogP contribution in [0.5, 0.6) is 5.75 Å². The lowest BCUT2D eigenvalue weighted by Crippen LogP contribution is -2.03. The van der Waals surface area contributed by atoms with Crippen LogP contribution in [0.3, 0.4) is 0 Å². The predicted octanol–water partition coefficient (Wildman–Crippen LogP) is 5.54. The molecule has 0 aliphatic heterocycles. The van der Waals surface area contributed by atoms with Gasteiger partial charge in [0.15, 0.2) is 5.82 Å². The molecular weight excluding hydrogens is 445 g/mol. The Balaban J connectivity index is 1.60. The second kappa shape index (κ2) is 8.83. The fourth-order valence-corrected chi connectivity index (χ4v) is 3.99. The van der Waals surface area contributed by atoms with Gasteiger partial charge in [0.25, 0.3) is 0 Å². The third-order valence-corrected chi connectivity index (χ3v) is 5.88. The number of ether oxygens (including phenoxy) is 1. The number of nitrogens with one attached hydrogen (secondary N) is 1. The van der Waals surface area contributed by atoms with E-state index in [-0.39, 0.29) is 11.7 Å². The Morgan fingerprint density at radius 1 is 1.03 bits per heavy atom. The number of fused-ring (bicyclic) bond motifs is 1. The third-order valence-electron chi connectivity index (χ3n) is 5.88. The van der Waals surface area contributed by atoms with Crippen molar-refractivity contribution in [1.29, 1.82) is 0 Å². The molecule has 0 amide bonds. The number of aryl methyl sites for hydroxylation is 2. The normalized spacial score (nSPS) is 11.4. The highest BCUT2D eigenvalue weighted by Crippen LogP contribution is 2.33. The number of anilines is 2. The van der Waals surface area contributed by atoms with E-state index in [1.165, 1.54) is 12.1 Å². The molecule has 0 atom stereocenters. The fourth-order valence-electron chi connectivity index (χ4n) is 3.99. The van der Waals surface area contributed by atoms with Crippen molar-refractivity contribution in [3.63, 3.8) is 0 Å². The number of hydrogen-bond acceptors (Lipinski definition) is 6. The van der Waals surface area contributed by atoms with Crippen molar-refractivity contribution in [3.05, 3.63) is 72.2 Å². The number of hydrogen-bond donors (Lipinski definition) is 1. The molecule has 0 aliphatic carbocycles. The van der Waals surface area contributed by atoms with Gasteiger partial charge >= 0.3 is 0 Å². The van der Waals surface area contributed by atoms with Gasteiger partial charge in [0.05, 0.1) is 12.6 Å². The maximum absolute atomic E-state index is 13.5. The zero-order valence-electron chi connectivity index (χ0n) is 20.2. The predicted molar refractivity (Wildman–Crippen MR) is 134 cm³/mol. The van der Waals surface area contributed by atoms with Gasteiger partial charge in [0, 0.05) is 30.1 Å². The van der Waals surface area contributed by atoms with Gasteiger partial charge in [0.1, 0.15) is 40.7 Å². The molecule has 178 valence electrons. The Hall–Kier alpha value is -4.27. The molecule has 3 aromatic heterocycles. The first-order chi connectivity index (χ1) is 16.8. The first-order valence-corrected chi connectivity index (χ1v) is 11.3. The summed E-state index contributed by atoms with van der Waals surface area (Å²) in [5, 5.41) is 7.81. The minimum Gasteiger partial charge on any atom is -0.494 e. The second-order valence-electron chi connectivity index (χ2n) is 8.67. The summed E-state index contributed by atoms with van der Waals surface area (Å²) < 4.78 is 22.8. The molecule has 5 rings (SSSR count). The van der Waals surface area contributed by atoms with Gasteiger partial charge < -0.3 is 14.6 Å². The van der Waals surface area contributed by atoms with Crippen molar-refractivity contribution in [2.75, 3.05) is 12.4 Å². The summed E-state index contributed by atoms with van der Waals surface area (Å²) in [4.78, 5) is 14.0. The summed E-state index contributed by atoms with van der Waals surface area (Å²) in [7, 11) is 3.58. The van der Waals surface area contributed by atoms with E-state index in [0.29, 0.717) is 17.4 Å². The van der Waals surface area contributed by atoms with Crippen LogP contribution in [0.2, 0.25) is 0 Å². The van der Waals surface area contributed by atoms with Crippen molar-refractivity contribution >= 4 is 22.5 Å². The average molecular weight is 472 g/mol. The van der Waals surface area contributed by atoms with Crippen molar-refractivity contribution in [3.8, 4) is 22.8 Å². The van der Waals surface area contributed by atoms with Gasteiger partial charge in [-0.15, -0.1) is 0 Å². The molecular formula is C26H26FN7O. The summed E-state index contributed by atoms with van der Waals surface area (Å²) in [6.45, 7) is 6.05. The first kappa shape index (κ1) is 22.5. The largest absolute Gasteiger partial charge is 0.494 e. The Bertz CT molecular complexity index is 1520. The Morgan fingerprint density at radius 3 is 2.46 bits per heavy atom. The van der Waals surface area contributed by atoms with E-state index in [2.05, 4.69) is 35.3 Å². The number of aromatic nitrogens is 6. The summed E-state index contributed by atoms with van der Waals surface area (Å²) in [5.41, 5.74) is 5.01. The quantitative estimate of drug-likeness (QED) is 0.350. The van der Waals surface area contributed by atoms with E-state index < -0.39 is 0 Å². The molecule has 1 N–H and O–H groups in total. The third kappa shape index (κ3) is 4.21. The number of nitrogens with zero attached hydrogens (tertiary/aromatic N) is 6. The van der Waals surface area contributed by atoms with E-state index in [0.717, 1.165) is 39.5 Å². The molecule has 2 aromatic carbocycles. The van der Waals surface area contributed by atoms with E-state index in [1.54, 1.807) is 30.3 Å². The molecule has 5 aromatic rings. The minimum atomic E-state index is -0.280. The monoisotopic (exact) mass is 471 g/mol. The molecule has 0 aliphatic rings. The van der Waals surface area contributed by atoms with Crippen molar-refractivity contribution < 1.29 is 9.13 Å². The summed E-state index contributed by atoms with van der Waals surface area (Å²) in [6.07, 6.45) is 1.66. The van der Waals surface area contributed by atoms with E-state index in [1.807, 2.05) is 36.7 Å². The molecule has 0 radical (unpaired) electrons. The van der Waals surface area contributed by atoms with Crippen LogP contribution in [0.25, 0.3) is 28.1 Å². The van der Waals surface area contributed by atoms with Crippen LogP contribution in [0.4, 0.5) is 15.9 Å². The van der Waals surface area contributed by atoms with Crippen LogP contribution in [0.1, 0.15) is 31.3 Å². The van der Waals surface area contributed by atoms with E-state index in [4.69, 9.17) is 14.7 Å². The molecule has 35 heavy (non-hydrogen) atoms. The van der Waals surface area contributed by atoms with Crippen molar-refractivity contribution in [2.24, 2.45) is 7.05 Å². The lowest BCUT2D eigenvalue weighted by Gasteiger charge is -2.14. The maximum Gasteiger partial charge on any atom is 0.158 e. The summed E-state index contributed by atoms with van der Waals surface area (Å²) >= 11 is 0. The van der Waals surface area contributed by atoms with Gasteiger partial charge in [-0.3, -0.25) is 0 Å². The lowest BCUT2D eigenvalue weighted by molar-refractivity contribution is 0.412. The molecule has 0 unspecified atom stereocenters. The van der Waals surface area contributed by atoms with Gasteiger partial charge in [-0.2, -0.15) is 5.10 Å². The van der Waals surface area contributed by atoms with E-state index in [9.17, 15) is 4.39 Å². The first-order valence-electron chi connectivity index (χ1n) is 11.3. The zero-order chi connectivity index (χ0) is 24.7. The van der Waals surface area contributed by atoms with Crippen molar-refractivity contribution in [2.45, 2.75) is 26.7 Å². The van der Waals surface area contributed by atoms with Crippen LogP contribution in [-0.4, -0.2) is 36.4 Å². The SMILES string of the molecule is COc1cc(Nc2nc(C(C)C)cc3c2nc(-c2ccc(F)cc2)n3C)ccc1-n1cnc(C)n1. The van der Waals surface area contributed by atoms with Gasteiger partial charge in [0.2, 0.25) is 0 Å². The molecule has 0 spiro atoms. The van der Waals surface area contributed by atoms with Gasteiger partial charge in [-0.1, -0.05) is 13.8 Å². The molecule has 0 saturated heterocycles. The maximum atomic E-state index is 13.5. The second-order valence-corrected chi connectivity index (χ2v) is 8.67. The standard InChI is InChI=1S/C26H26FN7O/c1-15(2)20-13-22-24(31-26(33(22)4)17-6-8-18(27)9-7-17)25(30-20)29-19-10-11-21(23(12-19)35-5)34-14-28-16(3)32-34/h6-15H,1-5H3,(H,29,30). The average Bonchev–Trinajstić information content (AvgIpc) is 3.43. The number of rotatable bonds is 6. The highest BCUT2D eigenvalue weighted by Gasteiger charge is 2.18. The zero-order valence-corrected chi connectivity index (χ0v) is 20.2. The molecule has 8 nitrogen and oxygen atoms in total. The highest BCUT2D eigenvalue weighted by molar-refractivity contribution is 5.91. The molecule has 3 heterocycles. The highest BCUT2D eigenvalue weighted by atomic mass is 19.1. The molecule has 9 heteroatoms. The molecule has 0 bridgehead atoms. The number of halogens is 1. The van der Waals surface area contributed by atoms with Gasteiger partial charge in [-0.25, -0.2) is 24.0 Å². The lowest BCUT2D eigenvalue weighted by atomic mass is 10.1. The smallest absolute Gasteiger partial charge is 0.158 e. The molecule has 0 saturated carbocycles. The Morgan fingerprint density at radius 2 is 1.80 bits per heavy atom. The van der Waals surface area contributed by atoms with E-state index >= 15 is 0 Å². The number of methoxy groups -OCH3 is 1. The van der Waals surface area contributed by atoms with Crippen LogP contribution >= 0.6 is 0 Å². The fraction of sp³-hybridized carbons (Fsp3) is 0.231. The van der Waals surface area contributed by atoms with Crippen LogP contribution in [0, 0.1) is 12.7 Å². The van der Waals surface area contributed by atoms with Crippen LogP contribution < -0.4 is 10.1 Å². The topological polar surface area (TPSA) is 82.7 Å². The van der Waals surface area contributed by atoms with Crippen LogP contribution in [-0.2, 0) is 7.05 Å².